The fourth-order valence-corrected chi connectivity index (χ4v) is 5.45. The minimum Gasteiger partial charge on any atom is -0.489 e. The molecule has 7 nitrogen and oxygen atoms in total. The van der Waals surface area contributed by atoms with Gasteiger partial charge in [-0.25, -0.2) is 9.78 Å². The summed E-state index contributed by atoms with van der Waals surface area (Å²) >= 11 is 7.71. The summed E-state index contributed by atoms with van der Waals surface area (Å²) in [6.45, 7) is 6.14. The zero-order valence-corrected chi connectivity index (χ0v) is 21.8. The summed E-state index contributed by atoms with van der Waals surface area (Å²) in [6, 6.07) is 5.65. The number of nitrogens with zero attached hydrogens (tertiary/aromatic N) is 1. The van der Waals surface area contributed by atoms with Gasteiger partial charge in [-0.05, 0) is 69.7 Å². The van der Waals surface area contributed by atoms with Crippen LogP contribution < -0.4 is 10.1 Å². The van der Waals surface area contributed by atoms with Crippen LogP contribution in [0.5, 0.6) is 5.75 Å². The van der Waals surface area contributed by atoms with E-state index in [0.29, 0.717) is 23.1 Å². The Bertz CT molecular complexity index is 996. The van der Waals surface area contributed by atoms with E-state index >= 15 is 0 Å². The van der Waals surface area contributed by atoms with Crippen LogP contribution in [0.3, 0.4) is 0 Å². The lowest BCUT2D eigenvalue weighted by Crippen LogP contribution is -2.30. The van der Waals surface area contributed by atoms with Crippen LogP contribution in [0, 0.1) is 12.8 Å². The van der Waals surface area contributed by atoms with E-state index in [1.807, 2.05) is 32.0 Å². The maximum Gasteiger partial charge on any atom is 0.407 e. The van der Waals surface area contributed by atoms with Crippen LogP contribution in [0.1, 0.15) is 63.6 Å². The number of thiophene rings is 1. The second-order valence-corrected chi connectivity index (χ2v) is 10.4. The maximum absolute atomic E-state index is 12.1. The third-order valence-corrected chi connectivity index (χ3v) is 7.26. The van der Waals surface area contributed by atoms with E-state index in [-0.39, 0.29) is 24.1 Å². The predicted octanol–water partition coefficient (Wildman–Crippen LogP) is 6.30. The van der Waals surface area contributed by atoms with Gasteiger partial charge in [0.05, 0.1) is 39.7 Å². The number of carbonyl (C=O) groups excluding carboxylic acids is 2. The number of pyridine rings is 1. The number of aryl methyl sites for hydroxylation is 1. The predicted molar refractivity (Wildman–Crippen MR) is 133 cm³/mol. The molecule has 0 unspecified atom stereocenters. The Morgan fingerprint density at radius 2 is 2.12 bits per heavy atom. The highest BCUT2D eigenvalue weighted by Gasteiger charge is 2.29. The van der Waals surface area contributed by atoms with Crippen molar-refractivity contribution < 1.29 is 23.8 Å². The fourth-order valence-electron chi connectivity index (χ4n) is 4.21. The smallest absolute Gasteiger partial charge is 0.407 e. The van der Waals surface area contributed by atoms with Crippen molar-refractivity contribution in [2.45, 2.75) is 78.0 Å². The summed E-state index contributed by atoms with van der Waals surface area (Å²) < 4.78 is 17.1. The Morgan fingerprint density at radius 1 is 1.32 bits per heavy atom. The van der Waals surface area contributed by atoms with E-state index in [4.69, 9.17) is 30.8 Å². The van der Waals surface area contributed by atoms with Crippen molar-refractivity contribution in [1.82, 2.24) is 10.3 Å². The number of ether oxygens (including phenoxy) is 3. The number of alkyl carbamates (subject to hydrolysis) is 1. The summed E-state index contributed by atoms with van der Waals surface area (Å²) in [5.74, 6) is 0.421. The number of halogens is 1. The van der Waals surface area contributed by atoms with E-state index in [2.05, 4.69) is 12.2 Å². The Morgan fingerprint density at radius 3 is 2.82 bits per heavy atom. The molecule has 186 valence electrons. The number of hydrogen-bond donors (Lipinski definition) is 1. The molecule has 0 spiro atoms. The number of hydrogen-bond acceptors (Lipinski definition) is 7. The average Bonchev–Trinajstić information content (AvgIpc) is 3.19. The van der Waals surface area contributed by atoms with Crippen LogP contribution in [0.2, 0.25) is 4.34 Å². The Labute approximate surface area is 210 Å². The van der Waals surface area contributed by atoms with E-state index in [0.717, 1.165) is 53.9 Å². The van der Waals surface area contributed by atoms with Gasteiger partial charge in [0.2, 0.25) is 0 Å². The molecule has 0 aromatic carbocycles. The third-order valence-electron chi connectivity index (χ3n) is 5.93. The van der Waals surface area contributed by atoms with Gasteiger partial charge in [0.1, 0.15) is 11.9 Å². The topological polar surface area (TPSA) is 86.8 Å². The standard InChI is InChI=1S/C25H33ClN2O5S/c1-5-7-15(2)32-25(30)27-14-18-13-22(26)34-23(18)20-10-11-21(16(3)28-20)33-19-9-6-8-17(12-19)24(29)31-4/h10-11,13,15,17,19H,5-9,12,14H2,1-4H3,(H,27,30)/t15-,17+,19+/m1/s1. The SMILES string of the molecule is CCC[C@@H](C)OC(=O)NCc1cc(Cl)sc1-c1ccc(O[C@H]2CCC[C@H](C(=O)OC)C2)c(C)n1. The zero-order chi connectivity index (χ0) is 24.7. The summed E-state index contributed by atoms with van der Waals surface area (Å²) in [5, 5.41) is 2.81. The minimum absolute atomic E-state index is 0.0405. The van der Waals surface area contributed by atoms with Crippen LogP contribution in [-0.4, -0.2) is 36.4 Å². The largest absolute Gasteiger partial charge is 0.489 e. The molecule has 9 heteroatoms. The highest BCUT2D eigenvalue weighted by atomic mass is 35.5. The number of rotatable bonds is 9. The van der Waals surface area contributed by atoms with Gasteiger partial charge in [0.25, 0.3) is 0 Å². The lowest BCUT2D eigenvalue weighted by molar-refractivity contribution is -0.147. The molecule has 0 radical (unpaired) electrons. The van der Waals surface area contributed by atoms with Gasteiger partial charge >= 0.3 is 12.1 Å². The van der Waals surface area contributed by atoms with E-state index < -0.39 is 6.09 Å². The van der Waals surface area contributed by atoms with Gasteiger partial charge in [0, 0.05) is 6.54 Å². The lowest BCUT2D eigenvalue weighted by Gasteiger charge is -2.28. The number of esters is 1. The van der Waals surface area contributed by atoms with Gasteiger partial charge < -0.3 is 19.5 Å². The molecule has 2 aromatic rings. The first-order chi connectivity index (χ1) is 16.3. The molecule has 0 aliphatic heterocycles. The van der Waals surface area contributed by atoms with Crippen LogP contribution in [0.15, 0.2) is 18.2 Å². The monoisotopic (exact) mass is 508 g/mol. The molecule has 3 atom stereocenters. The molecule has 2 heterocycles. The number of aromatic nitrogens is 1. The first-order valence-electron chi connectivity index (χ1n) is 11.8. The van der Waals surface area contributed by atoms with Crippen molar-refractivity contribution in [1.29, 1.82) is 0 Å². The molecule has 1 fully saturated rings. The van der Waals surface area contributed by atoms with Crippen molar-refractivity contribution >= 4 is 35.0 Å². The highest BCUT2D eigenvalue weighted by Crippen LogP contribution is 2.36. The first kappa shape index (κ1) is 26.3. The van der Waals surface area contributed by atoms with Crippen molar-refractivity contribution in [3.8, 4) is 16.3 Å². The van der Waals surface area contributed by atoms with E-state index in [1.165, 1.54) is 18.4 Å². The molecule has 1 amide bonds. The van der Waals surface area contributed by atoms with Gasteiger partial charge in [0.15, 0.2) is 0 Å². The van der Waals surface area contributed by atoms with Crippen LogP contribution in [0.4, 0.5) is 4.79 Å². The first-order valence-corrected chi connectivity index (χ1v) is 12.9. The Kier molecular flexibility index (Phi) is 9.59. The summed E-state index contributed by atoms with van der Waals surface area (Å²) in [5.41, 5.74) is 2.40. The zero-order valence-electron chi connectivity index (χ0n) is 20.2. The van der Waals surface area contributed by atoms with Gasteiger partial charge in [-0.1, -0.05) is 24.9 Å². The second-order valence-electron chi connectivity index (χ2n) is 8.67. The normalized spacial score (nSPS) is 18.7. The second kappa shape index (κ2) is 12.4. The molecule has 1 aliphatic rings. The Balaban J connectivity index is 1.66. The van der Waals surface area contributed by atoms with Crippen molar-refractivity contribution in [3.63, 3.8) is 0 Å². The Hall–Kier alpha value is -2.32. The fraction of sp³-hybridized carbons (Fsp3) is 0.560. The minimum atomic E-state index is -0.445. The van der Waals surface area contributed by atoms with E-state index in [1.54, 1.807) is 0 Å². The van der Waals surface area contributed by atoms with Gasteiger partial charge in [-0.15, -0.1) is 11.3 Å². The molecule has 2 aromatic heterocycles. The highest BCUT2D eigenvalue weighted by molar-refractivity contribution is 7.19. The van der Waals surface area contributed by atoms with Gasteiger partial charge in [-0.2, -0.15) is 0 Å². The molecule has 1 N–H and O–H groups in total. The molecule has 1 saturated carbocycles. The molecule has 0 bridgehead atoms. The third kappa shape index (κ3) is 7.09. The molecule has 1 aliphatic carbocycles. The van der Waals surface area contributed by atoms with E-state index in [9.17, 15) is 9.59 Å². The summed E-state index contributed by atoms with van der Waals surface area (Å²) in [4.78, 5) is 29.7. The van der Waals surface area contributed by atoms with Crippen molar-refractivity contribution in [2.24, 2.45) is 5.92 Å². The van der Waals surface area contributed by atoms with Crippen LogP contribution >= 0.6 is 22.9 Å². The molecular formula is C25H33ClN2O5S. The number of nitrogens with one attached hydrogen (secondary N) is 1. The molecule has 34 heavy (non-hydrogen) atoms. The quantitative estimate of drug-likeness (QED) is 0.400. The summed E-state index contributed by atoms with van der Waals surface area (Å²) in [7, 11) is 1.43. The number of carbonyl (C=O) groups is 2. The van der Waals surface area contributed by atoms with Crippen molar-refractivity contribution in [3.05, 3.63) is 33.8 Å². The number of methoxy groups -OCH3 is 1. The van der Waals surface area contributed by atoms with Crippen LogP contribution in [-0.2, 0) is 20.8 Å². The molecule has 3 rings (SSSR count). The average molecular weight is 509 g/mol. The lowest BCUT2D eigenvalue weighted by atomic mass is 9.87. The van der Waals surface area contributed by atoms with Crippen LogP contribution in [0.25, 0.3) is 10.6 Å². The maximum atomic E-state index is 12.1. The summed E-state index contributed by atoms with van der Waals surface area (Å²) in [6.07, 6.45) is 4.49. The molecule has 0 saturated heterocycles. The van der Waals surface area contributed by atoms with Gasteiger partial charge in [-0.3, -0.25) is 4.79 Å². The van der Waals surface area contributed by atoms with Crippen molar-refractivity contribution in [2.75, 3.05) is 7.11 Å². The number of amides is 1. The molecular weight excluding hydrogens is 476 g/mol.